The van der Waals surface area contributed by atoms with E-state index >= 15 is 0 Å². The van der Waals surface area contributed by atoms with Crippen molar-refractivity contribution in [3.63, 3.8) is 0 Å². The summed E-state index contributed by atoms with van der Waals surface area (Å²) in [6.45, 7) is 4.80. The van der Waals surface area contributed by atoms with Crippen molar-refractivity contribution < 1.29 is 4.79 Å². The fourth-order valence-corrected chi connectivity index (χ4v) is 8.06. The molecule has 1 amide bonds. The summed E-state index contributed by atoms with van der Waals surface area (Å²) < 4.78 is 1.02. The van der Waals surface area contributed by atoms with Gasteiger partial charge in [0.15, 0.2) is 5.13 Å². The summed E-state index contributed by atoms with van der Waals surface area (Å²) >= 11 is 7.75. The lowest BCUT2D eigenvalue weighted by Gasteiger charge is -2.64. The molecule has 132 valence electrons. The molecule has 0 spiro atoms. The van der Waals surface area contributed by atoms with Crippen molar-refractivity contribution in [3.05, 3.63) is 23.2 Å². The fourth-order valence-electron chi connectivity index (χ4n) is 6.90. The third-order valence-corrected chi connectivity index (χ3v) is 7.94. The monoisotopic (exact) mass is 374 g/mol. The van der Waals surface area contributed by atoms with E-state index in [0.29, 0.717) is 26.9 Å². The topological polar surface area (TPSA) is 42.0 Å². The van der Waals surface area contributed by atoms with Crippen LogP contribution in [0.15, 0.2) is 18.2 Å². The first kappa shape index (κ1) is 16.1. The highest BCUT2D eigenvalue weighted by Gasteiger charge is 2.62. The molecule has 2 unspecified atom stereocenters. The largest absolute Gasteiger partial charge is 0.301 e. The average Bonchev–Trinajstić information content (AvgIpc) is 2.87. The number of nitrogens with zero attached hydrogens (tertiary/aromatic N) is 1. The van der Waals surface area contributed by atoms with Crippen LogP contribution in [-0.2, 0) is 4.79 Å². The second-order valence-electron chi connectivity index (χ2n) is 9.47. The number of amides is 1. The van der Waals surface area contributed by atoms with E-state index in [9.17, 15) is 4.79 Å². The minimum absolute atomic E-state index is 0.184. The van der Waals surface area contributed by atoms with Crippen molar-refractivity contribution >= 4 is 44.2 Å². The minimum Gasteiger partial charge on any atom is -0.301 e. The summed E-state index contributed by atoms with van der Waals surface area (Å²) in [4.78, 5) is 17.9. The van der Waals surface area contributed by atoms with Gasteiger partial charge in [0.1, 0.15) is 5.52 Å². The maximum atomic E-state index is 13.3. The van der Waals surface area contributed by atoms with Crippen molar-refractivity contribution in [2.75, 3.05) is 5.32 Å². The van der Waals surface area contributed by atoms with Crippen LogP contribution in [0.2, 0.25) is 5.02 Å². The summed E-state index contributed by atoms with van der Waals surface area (Å²) in [7, 11) is 0. The van der Waals surface area contributed by atoms with Gasteiger partial charge in [0, 0.05) is 0 Å². The number of anilines is 1. The van der Waals surface area contributed by atoms with Crippen LogP contribution in [0.1, 0.15) is 52.4 Å². The Morgan fingerprint density at radius 1 is 1.20 bits per heavy atom. The van der Waals surface area contributed by atoms with Crippen LogP contribution in [0.5, 0.6) is 0 Å². The first-order valence-corrected chi connectivity index (χ1v) is 10.3. The van der Waals surface area contributed by atoms with Gasteiger partial charge in [0.25, 0.3) is 0 Å². The Morgan fingerprint density at radius 2 is 1.92 bits per heavy atom. The molecule has 5 heteroatoms. The molecule has 4 aliphatic rings. The number of thiazole rings is 1. The van der Waals surface area contributed by atoms with Crippen LogP contribution in [0.3, 0.4) is 0 Å². The maximum Gasteiger partial charge on any atom is 0.232 e. The number of hydrogen-bond donors (Lipinski definition) is 1. The van der Waals surface area contributed by atoms with Crippen LogP contribution in [0.4, 0.5) is 5.13 Å². The Hall–Kier alpha value is -1.13. The van der Waals surface area contributed by atoms with E-state index in [4.69, 9.17) is 11.6 Å². The molecule has 3 nitrogen and oxygen atoms in total. The van der Waals surface area contributed by atoms with Crippen LogP contribution in [0.25, 0.3) is 10.2 Å². The smallest absolute Gasteiger partial charge is 0.232 e. The highest BCUT2D eigenvalue weighted by atomic mass is 35.5. The molecule has 4 aliphatic carbocycles. The number of aromatic nitrogens is 1. The van der Waals surface area contributed by atoms with Gasteiger partial charge in [-0.05, 0) is 67.4 Å². The zero-order valence-electron chi connectivity index (χ0n) is 14.7. The highest BCUT2D eigenvalue weighted by Crippen LogP contribution is 2.69. The predicted octanol–water partition coefficient (Wildman–Crippen LogP) is 5.88. The van der Waals surface area contributed by atoms with Gasteiger partial charge >= 0.3 is 0 Å². The number of rotatable bonds is 2. The number of para-hydroxylation sites is 1. The van der Waals surface area contributed by atoms with Crippen molar-refractivity contribution in [2.24, 2.45) is 22.2 Å². The van der Waals surface area contributed by atoms with Gasteiger partial charge in [-0.3, -0.25) is 4.79 Å². The van der Waals surface area contributed by atoms with E-state index in [2.05, 4.69) is 24.1 Å². The molecule has 2 aromatic rings. The molecular formula is C20H23ClN2OS. The quantitative estimate of drug-likeness (QED) is 0.712. The van der Waals surface area contributed by atoms with Crippen LogP contribution in [-0.4, -0.2) is 10.9 Å². The summed E-state index contributed by atoms with van der Waals surface area (Å²) in [6.07, 6.45) is 6.99. The lowest BCUT2D eigenvalue weighted by molar-refractivity contribution is -0.165. The van der Waals surface area contributed by atoms with Gasteiger partial charge in [-0.2, -0.15) is 0 Å². The molecule has 1 aromatic carbocycles. The Labute approximate surface area is 157 Å². The van der Waals surface area contributed by atoms with Gasteiger partial charge in [-0.1, -0.05) is 42.9 Å². The zero-order chi connectivity index (χ0) is 17.4. The number of fused-ring (bicyclic) bond motifs is 1. The average molecular weight is 375 g/mol. The van der Waals surface area contributed by atoms with Crippen LogP contribution < -0.4 is 5.32 Å². The molecule has 0 aliphatic heterocycles. The normalized spacial score (nSPS) is 39.1. The van der Waals surface area contributed by atoms with E-state index in [1.54, 1.807) is 0 Å². The number of hydrogen-bond acceptors (Lipinski definition) is 3. The standard InChI is InChI=1S/C20H23ClN2OS/c1-18-6-12-7-19(2,9-18)11-20(8-12,10-18)16(24)23-17-22-15-13(21)4-3-5-14(15)25-17/h3-5,12H,6-11H2,1-2H3,(H,22,23,24). The minimum atomic E-state index is -0.204. The first-order chi connectivity index (χ1) is 11.8. The Kier molecular flexibility index (Phi) is 3.20. The molecule has 1 heterocycles. The van der Waals surface area contributed by atoms with E-state index in [-0.39, 0.29) is 11.3 Å². The molecule has 4 bridgehead atoms. The highest BCUT2D eigenvalue weighted by molar-refractivity contribution is 7.22. The summed E-state index contributed by atoms with van der Waals surface area (Å²) in [5.41, 5.74) is 1.25. The summed E-state index contributed by atoms with van der Waals surface area (Å²) in [6, 6.07) is 5.77. The van der Waals surface area contributed by atoms with Crippen molar-refractivity contribution in [1.82, 2.24) is 4.98 Å². The third kappa shape index (κ3) is 2.44. The number of nitrogens with one attached hydrogen (secondary N) is 1. The number of halogens is 1. The van der Waals surface area contributed by atoms with Crippen molar-refractivity contribution in [3.8, 4) is 0 Å². The second-order valence-corrected chi connectivity index (χ2v) is 10.9. The van der Waals surface area contributed by atoms with Crippen LogP contribution >= 0.6 is 22.9 Å². The number of carbonyl (C=O) groups excluding carboxylic acids is 1. The van der Waals surface area contributed by atoms with Gasteiger partial charge in [-0.15, -0.1) is 0 Å². The lowest BCUT2D eigenvalue weighted by Crippen LogP contribution is -2.58. The first-order valence-electron chi connectivity index (χ1n) is 9.15. The molecule has 6 rings (SSSR count). The molecule has 2 atom stereocenters. The van der Waals surface area contributed by atoms with E-state index < -0.39 is 0 Å². The molecule has 4 saturated carbocycles. The molecule has 25 heavy (non-hydrogen) atoms. The maximum absolute atomic E-state index is 13.3. The molecule has 1 N–H and O–H groups in total. The van der Waals surface area contributed by atoms with Gasteiger partial charge in [0.2, 0.25) is 5.91 Å². The SMILES string of the molecule is CC12CC3CC(C)(C1)CC(C(=O)Nc1nc4c(Cl)cccc4s1)(C3)C2. The Balaban J connectivity index is 1.46. The van der Waals surface area contributed by atoms with E-state index in [0.717, 1.165) is 29.5 Å². The molecule has 1 aromatic heterocycles. The van der Waals surface area contributed by atoms with Crippen LogP contribution in [0, 0.1) is 22.2 Å². The fraction of sp³-hybridized carbons (Fsp3) is 0.600. The second kappa shape index (κ2) is 4.98. The molecule has 0 saturated heterocycles. The third-order valence-electron chi connectivity index (χ3n) is 6.70. The Morgan fingerprint density at radius 3 is 2.56 bits per heavy atom. The molecule has 4 fully saturated rings. The summed E-state index contributed by atoms with van der Waals surface area (Å²) in [5.74, 6) is 0.894. The number of carbonyl (C=O) groups is 1. The Bertz CT molecular complexity index is 873. The molecule has 0 radical (unpaired) electrons. The van der Waals surface area contributed by atoms with E-state index in [1.165, 1.54) is 30.6 Å². The van der Waals surface area contributed by atoms with Crippen molar-refractivity contribution in [2.45, 2.75) is 52.4 Å². The van der Waals surface area contributed by atoms with Gasteiger partial charge in [-0.25, -0.2) is 4.98 Å². The predicted molar refractivity (Wildman–Crippen MR) is 103 cm³/mol. The lowest BCUT2D eigenvalue weighted by atomic mass is 9.40. The zero-order valence-corrected chi connectivity index (χ0v) is 16.3. The van der Waals surface area contributed by atoms with Gasteiger partial charge in [0.05, 0.1) is 15.1 Å². The summed E-state index contributed by atoms with van der Waals surface area (Å²) in [5, 5.41) is 4.48. The van der Waals surface area contributed by atoms with Crippen molar-refractivity contribution in [1.29, 1.82) is 0 Å². The number of benzene rings is 1. The van der Waals surface area contributed by atoms with E-state index in [1.807, 2.05) is 18.2 Å². The van der Waals surface area contributed by atoms with Gasteiger partial charge < -0.3 is 5.32 Å². The molecular weight excluding hydrogens is 352 g/mol.